The highest BCUT2D eigenvalue weighted by atomic mass is 16.1. The van der Waals surface area contributed by atoms with E-state index in [-0.39, 0.29) is 5.78 Å². The number of para-hydroxylation sites is 2. The number of hydrogen-bond donors (Lipinski definition) is 0. The van der Waals surface area contributed by atoms with E-state index in [0.29, 0.717) is 5.54 Å². The van der Waals surface area contributed by atoms with Gasteiger partial charge in [-0.25, -0.2) is 4.98 Å². The molecule has 4 saturated carbocycles. The van der Waals surface area contributed by atoms with E-state index >= 15 is 0 Å². The van der Waals surface area contributed by atoms with Gasteiger partial charge in [0, 0.05) is 26.1 Å². The number of benzene rings is 1. The van der Waals surface area contributed by atoms with Crippen LogP contribution in [0.4, 0.5) is 0 Å². The minimum absolute atomic E-state index is 0.0998. The molecule has 7 rings (SSSR count). The first-order valence-corrected chi connectivity index (χ1v) is 11.1. The highest BCUT2D eigenvalue weighted by Crippen LogP contribution is 2.57. The molecule has 4 bridgehead atoms. The van der Waals surface area contributed by atoms with Gasteiger partial charge in [0.15, 0.2) is 5.78 Å². The number of Topliss-reactive ketones (excluding diaryl/α,β-unsaturated/α-hetero) is 1. The molecule has 0 radical (unpaired) electrons. The van der Waals surface area contributed by atoms with Crippen LogP contribution in [0.15, 0.2) is 24.3 Å². The minimum atomic E-state index is 0.0998. The Balaban J connectivity index is 1.43. The second-order valence-electron chi connectivity index (χ2n) is 10.1. The van der Waals surface area contributed by atoms with Crippen molar-refractivity contribution in [3.05, 3.63) is 35.7 Å². The maximum atomic E-state index is 12.7. The third kappa shape index (κ3) is 2.43. The fraction of sp³-hybridized carbons (Fsp3) is 0.583. The molecule has 0 amide bonds. The van der Waals surface area contributed by atoms with Crippen LogP contribution in [0, 0.1) is 17.8 Å². The molecule has 0 atom stereocenters. The van der Waals surface area contributed by atoms with Crippen LogP contribution in [0.5, 0.6) is 0 Å². The van der Waals surface area contributed by atoms with Gasteiger partial charge in [-0.2, -0.15) is 0 Å². The second-order valence-corrected chi connectivity index (χ2v) is 10.1. The molecule has 0 N–H and O–H groups in total. The predicted molar refractivity (Wildman–Crippen MR) is 114 cm³/mol. The summed E-state index contributed by atoms with van der Waals surface area (Å²) in [6.45, 7) is 2.44. The lowest BCUT2D eigenvalue weighted by Gasteiger charge is -2.60. The number of aromatic nitrogens is 3. The topological polar surface area (TPSA) is 42.5 Å². The van der Waals surface area contributed by atoms with Crippen LogP contribution >= 0.6 is 0 Å². The zero-order chi connectivity index (χ0) is 19.9. The third-order valence-corrected chi connectivity index (χ3v) is 8.25. The van der Waals surface area contributed by atoms with Gasteiger partial charge in [0.2, 0.25) is 5.78 Å². The summed E-state index contributed by atoms with van der Waals surface area (Å²) < 4.78 is 4.18. The molecule has 1 aromatic carbocycles. The number of rotatable bonds is 4. The largest absolute Gasteiger partial charge is 0.313 e. The van der Waals surface area contributed by atoms with Crippen LogP contribution in [-0.4, -0.2) is 37.2 Å². The van der Waals surface area contributed by atoms with Crippen LogP contribution in [0.2, 0.25) is 0 Å². The summed E-state index contributed by atoms with van der Waals surface area (Å²) in [5, 5.41) is 0. The van der Waals surface area contributed by atoms with Crippen molar-refractivity contribution >= 4 is 22.6 Å². The van der Waals surface area contributed by atoms with Gasteiger partial charge in [0.1, 0.15) is 5.69 Å². The first kappa shape index (κ1) is 17.7. The van der Waals surface area contributed by atoms with Gasteiger partial charge in [0.25, 0.3) is 0 Å². The molecule has 4 aliphatic rings. The van der Waals surface area contributed by atoms with Gasteiger partial charge in [-0.1, -0.05) is 12.1 Å². The Bertz CT molecular complexity index is 1100. The summed E-state index contributed by atoms with van der Waals surface area (Å²) >= 11 is 0. The summed E-state index contributed by atoms with van der Waals surface area (Å²) in [6, 6.07) is 8.25. The van der Waals surface area contributed by atoms with E-state index in [2.05, 4.69) is 33.0 Å². The lowest BCUT2D eigenvalue weighted by Crippen LogP contribution is -2.58. The SMILES string of the molecule is CC(=O)c1c(CN(C)C23CC4CC(CC(C4)C2)C3)nc2n(C)c3ccccc3n12. The van der Waals surface area contributed by atoms with E-state index < -0.39 is 0 Å². The Morgan fingerprint density at radius 1 is 1.10 bits per heavy atom. The molecule has 5 heteroatoms. The number of imidazole rings is 2. The Morgan fingerprint density at radius 2 is 1.69 bits per heavy atom. The fourth-order valence-corrected chi connectivity index (χ4v) is 7.35. The van der Waals surface area contributed by atoms with Gasteiger partial charge in [-0.3, -0.25) is 14.1 Å². The minimum Gasteiger partial charge on any atom is -0.313 e. The van der Waals surface area contributed by atoms with Crippen LogP contribution in [0.1, 0.15) is 61.6 Å². The first-order chi connectivity index (χ1) is 13.9. The molecule has 0 saturated heterocycles. The third-order valence-electron chi connectivity index (χ3n) is 8.25. The zero-order valence-electron chi connectivity index (χ0n) is 17.7. The maximum absolute atomic E-state index is 12.7. The van der Waals surface area contributed by atoms with Crippen molar-refractivity contribution in [2.75, 3.05) is 7.05 Å². The first-order valence-electron chi connectivity index (χ1n) is 11.1. The predicted octanol–water partition coefficient (Wildman–Crippen LogP) is 4.43. The molecule has 29 heavy (non-hydrogen) atoms. The second kappa shape index (κ2) is 5.94. The van der Waals surface area contributed by atoms with Crippen LogP contribution < -0.4 is 0 Å². The summed E-state index contributed by atoms with van der Waals surface area (Å²) in [5.74, 6) is 3.72. The molecular weight excluding hydrogens is 360 g/mol. The number of carbonyl (C=O) groups excluding carboxylic acids is 1. The van der Waals surface area contributed by atoms with Crippen molar-refractivity contribution in [2.45, 2.75) is 57.5 Å². The number of aryl methyl sites for hydroxylation is 1. The lowest BCUT2D eigenvalue weighted by molar-refractivity contribution is -0.0825. The van der Waals surface area contributed by atoms with E-state index in [1.54, 1.807) is 6.92 Å². The Morgan fingerprint density at radius 3 is 2.28 bits per heavy atom. The smallest absolute Gasteiger partial charge is 0.215 e. The van der Waals surface area contributed by atoms with Gasteiger partial charge in [-0.15, -0.1) is 0 Å². The number of nitrogens with zero attached hydrogens (tertiary/aromatic N) is 4. The summed E-state index contributed by atoms with van der Waals surface area (Å²) in [7, 11) is 4.32. The lowest BCUT2D eigenvalue weighted by atomic mass is 9.52. The summed E-state index contributed by atoms with van der Waals surface area (Å²) in [6.07, 6.45) is 8.36. The molecule has 0 spiro atoms. The standard InChI is InChI=1S/C24H30N4O/c1-15(29)22-19(25-23-27(3)20-6-4-5-7-21(20)28(22)23)14-26(2)24-11-16-8-17(12-24)10-18(9-16)13-24/h4-7,16-18H,8-14H2,1-3H3. The van der Waals surface area contributed by atoms with Gasteiger partial charge in [0.05, 0.1) is 16.7 Å². The van der Waals surface area contributed by atoms with E-state index in [9.17, 15) is 4.79 Å². The summed E-state index contributed by atoms with van der Waals surface area (Å²) in [5.41, 5.74) is 4.19. The molecule has 2 heterocycles. The monoisotopic (exact) mass is 390 g/mol. The van der Waals surface area contributed by atoms with Crippen molar-refractivity contribution in [2.24, 2.45) is 24.8 Å². The quantitative estimate of drug-likeness (QED) is 0.619. The number of ketones is 1. The average Bonchev–Trinajstić information content (AvgIpc) is 3.17. The molecule has 0 aliphatic heterocycles. The van der Waals surface area contributed by atoms with E-state index in [4.69, 9.17) is 4.98 Å². The molecule has 152 valence electrons. The number of hydrogen-bond acceptors (Lipinski definition) is 3. The van der Waals surface area contributed by atoms with Gasteiger partial charge >= 0.3 is 0 Å². The maximum Gasteiger partial charge on any atom is 0.215 e. The van der Waals surface area contributed by atoms with Crippen molar-refractivity contribution in [1.82, 2.24) is 18.9 Å². The molecule has 2 aromatic heterocycles. The number of carbonyl (C=O) groups is 1. The molecular formula is C24H30N4O. The highest BCUT2D eigenvalue weighted by molar-refractivity contribution is 5.97. The Labute approximate surface area is 171 Å². The molecule has 4 aliphatic carbocycles. The van der Waals surface area contributed by atoms with E-state index in [0.717, 1.165) is 52.5 Å². The van der Waals surface area contributed by atoms with Gasteiger partial charge < -0.3 is 4.57 Å². The average molecular weight is 391 g/mol. The fourth-order valence-electron chi connectivity index (χ4n) is 7.35. The Hall–Kier alpha value is -2.14. The van der Waals surface area contributed by atoms with Gasteiger partial charge in [-0.05, 0) is 75.5 Å². The van der Waals surface area contributed by atoms with Crippen LogP contribution in [-0.2, 0) is 13.6 Å². The van der Waals surface area contributed by atoms with Crippen molar-refractivity contribution in [3.8, 4) is 0 Å². The number of fused-ring (bicyclic) bond motifs is 3. The highest BCUT2D eigenvalue weighted by Gasteiger charge is 2.52. The zero-order valence-corrected chi connectivity index (χ0v) is 17.7. The molecule has 4 fully saturated rings. The molecule has 3 aromatic rings. The van der Waals surface area contributed by atoms with Crippen LogP contribution in [0.3, 0.4) is 0 Å². The van der Waals surface area contributed by atoms with Crippen molar-refractivity contribution in [1.29, 1.82) is 0 Å². The Kier molecular flexibility index (Phi) is 3.63. The normalized spacial score (nSPS) is 30.8. The molecule has 0 unspecified atom stereocenters. The van der Waals surface area contributed by atoms with Crippen molar-refractivity contribution in [3.63, 3.8) is 0 Å². The van der Waals surface area contributed by atoms with E-state index in [1.807, 2.05) is 19.2 Å². The van der Waals surface area contributed by atoms with Crippen molar-refractivity contribution < 1.29 is 4.79 Å². The summed E-state index contributed by atoms with van der Waals surface area (Å²) in [4.78, 5) is 20.3. The van der Waals surface area contributed by atoms with E-state index in [1.165, 1.54) is 38.5 Å². The molecule has 5 nitrogen and oxygen atoms in total. The van der Waals surface area contributed by atoms with Crippen LogP contribution in [0.25, 0.3) is 16.8 Å².